The molecule has 3 aromatic rings. The van der Waals surface area contributed by atoms with Gasteiger partial charge in [-0.1, -0.05) is 49.9 Å². The molecule has 0 radical (unpaired) electrons. The van der Waals surface area contributed by atoms with E-state index in [1.54, 1.807) is 72.8 Å². The number of hydrogen-bond acceptors (Lipinski definition) is 5. The predicted molar refractivity (Wildman–Crippen MR) is 128 cm³/mol. The highest BCUT2D eigenvalue weighted by Gasteiger charge is 2.11. The molecule has 0 heterocycles. The normalized spacial score (nSPS) is 10.5. The number of esters is 2. The molecule has 0 aliphatic carbocycles. The van der Waals surface area contributed by atoms with Gasteiger partial charge < -0.3 is 14.2 Å². The molecule has 172 valence electrons. The number of hydrogen-bond donors (Lipinski definition) is 0. The van der Waals surface area contributed by atoms with E-state index in [1.165, 1.54) is 12.8 Å². The fraction of sp³-hybridized carbons (Fsp3) is 0.259. The zero-order valence-electron chi connectivity index (χ0n) is 18.6. The van der Waals surface area contributed by atoms with E-state index < -0.39 is 11.9 Å². The molecule has 0 spiro atoms. The number of unbranched alkanes of at least 4 members (excludes halogenated alkanes) is 3. The van der Waals surface area contributed by atoms with E-state index in [2.05, 4.69) is 6.92 Å². The zero-order chi connectivity index (χ0) is 23.5. The highest BCUT2D eigenvalue weighted by atomic mass is 35.5. The Kier molecular flexibility index (Phi) is 9.33. The molecular weight excluding hydrogens is 440 g/mol. The van der Waals surface area contributed by atoms with Gasteiger partial charge in [-0.25, -0.2) is 9.59 Å². The molecule has 3 rings (SSSR count). The largest absolute Gasteiger partial charge is 0.494 e. The summed E-state index contributed by atoms with van der Waals surface area (Å²) in [7, 11) is 0. The van der Waals surface area contributed by atoms with Crippen LogP contribution in [-0.4, -0.2) is 18.5 Å². The third-order valence-electron chi connectivity index (χ3n) is 4.94. The first-order chi connectivity index (χ1) is 16.0. The third kappa shape index (κ3) is 7.95. The number of benzene rings is 3. The second-order valence-corrected chi connectivity index (χ2v) is 7.99. The highest BCUT2D eigenvalue weighted by molar-refractivity contribution is 6.30. The minimum Gasteiger partial charge on any atom is -0.494 e. The van der Waals surface area contributed by atoms with Crippen LogP contribution >= 0.6 is 11.6 Å². The van der Waals surface area contributed by atoms with Gasteiger partial charge in [0.25, 0.3) is 0 Å². The SMILES string of the molecule is CCCCCCOc1ccc(C(=O)Oc2ccc(C(=O)OCc3ccc(Cl)cc3)cc2)cc1. The molecule has 0 saturated heterocycles. The van der Waals surface area contributed by atoms with E-state index in [0.29, 0.717) is 28.5 Å². The number of ether oxygens (including phenoxy) is 3. The summed E-state index contributed by atoms with van der Waals surface area (Å²) < 4.78 is 16.4. The summed E-state index contributed by atoms with van der Waals surface area (Å²) >= 11 is 5.85. The molecule has 6 heteroatoms. The van der Waals surface area contributed by atoms with Gasteiger partial charge in [0.1, 0.15) is 18.1 Å². The summed E-state index contributed by atoms with van der Waals surface area (Å²) in [6.45, 7) is 2.98. The third-order valence-corrected chi connectivity index (χ3v) is 5.19. The van der Waals surface area contributed by atoms with E-state index in [0.717, 1.165) is 24.2 Å². The Morgan fingerprint density at radius 2 is 1.33 bits per heavy atom. The van der Waals surface area contributed by atoms with Crippen molar-refractivity contribution in [3.63, 3.8) is 0 Å². The Morgan fingerprint density at radius 3 is 1.97 bits per heavy atom. The van der Waals surface area contributed by atoms with Gasteiger partial charge in [0.15, 0.2) is 0 Å². The van der Waals surface area contributed by atoms with E-state index in [4.69, 9.17) is 25.8 Å². The van der Waals surface area contributed by atoms with Gasteiger partial charge in [-0.05, 0) is 72.6 Å². The van der Waals surface area contributed by atoms with Crippen LogP contribution in [0.5, 0.6) is 11.5 Å². The monoisotopic (exact) mass is 466 g/mol. The van der Waals surface area contributed by atoms with E-state index in [1.807, 2.05) is 0 Å². The van der Waals surface area contributed by atoms with Crippen molar-refractivity contribution in [2.45, 2.75) is 39.2 Å². The lowest BCUT2D eigenvalue weighted by Crippen LogP contribution is -2.09. The van der Waals surface area contributed by atoms with Crippen molar-refractivity contribution in [3.8, 4) is 11.5 Å². The smallest absolute Gasteiger partial charge is 0.343 e. The van der Waals surface area contributed by atoms with Gasteiger partial charge in [0.05, 0.1) is 17.7 Å². The molecular formula is C27H27ClO5. The van der Waals surface area contributed by atoms with Crippen molar-refractivity contribution in [2.75, 3.05) is 6.61 Å². The van der Waals surface area contributed by atoms with Gasteiger partial charge in [-0.2, -0.15) is 0 Å². The summed E-state index contributed by atoms with van der Waals surface area (Å²) in [6.07, 6.45) is 4.57. The Labute approximate surface area is 199 Å². The molecule has 0 N–H and O–H groups in total. The predicted octanol–water partition coefficient (Wildman–Crippen LogP) is 6.88. The second-order valence-electron chi connectivity index (χ2n) is 7.55. The van der Waals surface area contributed by atoms with Crippen LogP contribution in [0.15, 0.2) is 72.8 Å². The van der Waals surface area contributed by atoms with Crippen LogP contribution < -0.4 is 9.47 Å². The molecule has 0 aliphatic rings. The fourth-order valence-electron chi connectivity index (χ4n) is 3.04. The lowest BCUT2D eigenvalue weighted by Gasteiger charge is -2.08. The molecule has 0 amide bonds. The minimum atomic E-state index is -0.484. The summed E-state index contributed by atoms with van der Waals surface area (Å²) in [5.74, 6) is 0.116. The highest BCUT2D eigenvalue weighted by Crippen LogP contribution is 2.18. The van der Waals surface area contributed by atoms with Crippen molar-refractivity contribution >= 4 is 23.5 Å². The quantitative estimate of drug-likeness (QED) is 0.175. The molecule has 5 nitrogen and oxygen atoms in total. The van der Waals surface area contributed by atoms with Gasteiger partial charge in [0, 0.05) is 5.02 Å². The van der Waals surface area contributed by atoms with E-state index in [-0.39, 0.29) is 6.61 Å². The van der Waals surface area contributed by atoms with Gasteiger partial charge in [-0.3, -0.25) is 0 Å². The molecule has 0 saturated carbocycles. The average molecular weight is 467 g/mol. The first kappa shape index (κ1) is 24.3. The molecule has 0 aromatic heterocycles. The van der Waals surface area contributed by atoms with Gasteiger partial charge >= 0.3 is 11.9 Å². The lowest BCUT2D eigenvalue weighted by molar-refractivity contribution is 0.0472. The molecule has 33 heavy (non-hydrogen) atoms. The average Bonchev–Trinajstić information content (AvgIpc) is 2.84. The summed E-state index contributed by atoms with van der Waals surface area (Å²) in [6, 6.07) is 20.2. The van der Waals surface area contributed by atoms with Crippen LogP contribution in [0, 0.1) is 0 Å². The van der Waals surface area contributed by atoms with Crippen LogP contribution in [0.4, 0.5) is 0 Å². The molecule has 0 bridgehead atoms. The van der Waals surface area contributed by atoms with E-state index in [9.17, 15) is 9.59 Å². The standard InChI is InChI=1S/C27H27ClO5/c1-2-3-4-5-18-31-24-14-8-22(9-15-24)27(30)33-25-16-10-21(11-17-25)26(29)32-19-20-6-12-23(28)13-7-20/h6-17H,2-5,18-19H2,1H3. The van der Waals surface area contributed by atoms with Gasteiger partial charge in [0.2, 0.25) is 0 Å². The molecule has 3 aromatic carbocycles. The Hall–Kier alpha value is -3.31. The topological polar surface area (TPSA) is 61.8 Å². The maximum atomic E-state index is 12.4. The second kappa shape index (κ2) is 12.7. The Bertz CT molecular complexity index is 1030. The van der Waals surface area contributed by atoms with Crippen LogP contribution in [0.3, 0.4) is 0 Å². The van der Waals surface area contributed by atoms with Crippen molar-refractivity contribution in [3.05, 3.63) is 94.5 Å². The maximum Gasteiger partial charge on any atom is 0.343 e. The van der Waals surface area contributed by atoms with Crippen LogP contribution in [-0.2, 0) is 11.3 Å². The van der Waals surface area contributed by atoms with Crippen molar-refractivity contribution in [2.24, 2.45) is 0 Å². The van der Waals surface area contributed by atoms with Crippen molar-refractivity contribution in [1.29, 1.82) is 0 Å². The minimum absolute atomic E-state index is 0.144. The van der Waals surface area contributed by atoms with Crippen LogP contribution in [0.25, 0.3) is 0 Å². The maximum absolute atomic E-state index is 12.4. The Balaban J connectivity index is 1.47. The number of carbonyl (C=O) groups is 2. The number of rotatable bonds is 11. The molecule has 0 unspecified atom stereocenters. The molecule has 0 fully saturated rings. The van der Waals surface area contributed by atoms with Crippen LogP contribution in [0.2, 0.25) is 5.02 Å². The lowest BCUT2D eigenvalue weighted by atomic mass is 10.2. The first-order valence-corrected chi connectivity index (χ1v) is 11.4. The molecule has 0 atom stereocenters. The van der Waals surface area contributed by atoms with E-state index >= 15 is 0 Å². The Morgan fingerprint density at radius 1 is 0.727 bits per heavy atom. The van der Waals surface area contributed by atoms with Gasteiger partial charge in [-0.15, -0.1) is 0 Å². The first-order valence-electron chi connectivity index (χ1n) is 11.0. The zero-order valence-corrected chi connectivity index (χ0v) is 19.3. The van der Waals surface area contributed by atoms with Crippen LogP contribution in [0.1, 0.15) is 58.9 Å². The molecule has 0 aliphatic heterocycles. The summed E-state index contributed by atoms with van der Waals surface area (Å²) in [4.78, 5) is 24.6. The summed E-state index contributed by atoms with van der Waals surface area (Å²) in [5, 5.41) is 0.622. The fourth-order valence-corrected chi connectivity index (χ4v) is 3.17. The number of halogens is 1. The van der Waals surface area contributed by atoms with Crippen molar-refractivity contribution in [1.82, 2.24) is 0 Å². The number of carbonyl (C=O) groups excluding carboxylic acids is 2. The van der Waals surface area contributed by atoms with Crippen molar-refractivity contribution < 1.29 is 23.8 Å². The summed E-state index contributed by atoms with van der Waals surface area (Å²) in [5.41, 5.74) is 1.62.